The lowest BCUT2D eigenvalue weighted by Gasteiger charge is -2.08. The third kappa shape index (κ3) is 3.40. The molecule has 1 amide bonds. The molecular weight excluding hydrogens is 286 g/mol. The molecule has 3 rings (SSSR count). The molecule has 3 aromatic rings. The van der Waals surface area contributed by atoms with Crippen LogP contribution in [0.3, 0.4) is 0 Å². The van der Waals surface area contributed by atoms with E-state index < -0.39 is 0 Å². The van der Waals surface area contributed by atoms with Gasteiger partial charge in [0.25, 0.3) is 0 Å². The average molecular weight is 303 g/mol. The van der Waals surface area contributed by atoms with Gasteiger partial charge in [0.15, 0.2) is 0 Å². The minimum atomic E-state index is -0.207. The van der Waals surface area contributed by atoms with Crippen molar-refractivity contribution in [3.05, 3.63) is 77.9 Å². The summed E-state index contributed by atoms with van der Waals surface area (Å²) >= 11 is 0. The monoisotopic (exact) mass is 303 g/mol. The molecule has 0 fully saturated rings. The van der Waals surface area contributed by atoms with Crippen molar-refractivity contribution >= 4 is 28.4 Å². The minimum Gasteiger partial charge on any atom is -0.507 e. The number of rotatable bonds is 3. The third-order valence-corrected chi connectivity index (χ3v) is 3.66. The fourth-order valence-corrected chi connectivity index (χ4v) is 2.43. The van der Waals surface area contributed by atoms with Gasteiger partial charge >= 0.3 is 0 Å². The van der Waals surface area contributed by atoms with Gasteiger partial charge in [0.2, 0.25) is 5.91 Å². The fourth-order valence-electron chi connectivity index (χ4n) is 2.43. The zero-order valence-electron chi connectivity index (χ0n) is 12.8. The molecule has 23 heavy (non-hydrogen) atoms. The van der Waals surface area contributed by atoms with Crippen molar-refractivity contribution in [2.24, 2.45) is 0 Å². The topological polar surface area (TPSA) is 49.3 Å². The van der Waals surface area contributed by atoms with Gasteiger partial charge in [-0.1, -0.05) is 54.1 Å². The Balaban J connectivity index is 1.80. The van der Waals surface area contributed by atoms with Crippen molar-refractivity contribution in [3.63, 3.8) is 0 Å². The first kappa shape index (κ1) is 14.9. The first-order valence-corrected chi connectivity index (χ1v) is 7.40. The Morgan fingerprint density at radius 3 is 2.43 bits per heavy atom. The number of aromatic hydroxyl groups is 1. The van der Waals surface area contributed by atoms with Crippen LogP contribution >= 0.6 is 0 Å². The number of carbonyl (C=O) groups is 1. The van der Waals surface area contributed by atoms with Crippen LogP contribution in [-0.4, -0.2) is 11.0 Å². The first-order valence-electron chi connectivity index (χ1n) is 7.40. The van der Waals surface area contributed by atoms with Crippen molar-refractivity contribution in [1.82, 2.24) is 0 Å². The highest BCUT2D eigenvalue weighted by atomic mass is 16.3. The van der Waals surface area contributed by atoms with Gasteiger partial charge in [-0.15, -0.1) is 0 Å². The number of fused-ring (bicyclic) bond motifs is 1. The predicted octanol–water partition coefficient (Wildman–Crippen LogP) is 4.51. The number of anilines is 1. The van der Waals surface area contributed by atoms with E-state index in [2.05, 4.69) is 5.32 Å². The van der Waals surface area contributed by atoms with E-state index in [0.717, 1.165) is 10.9 Å². The maximum absolute atomic E-state index is 12.1. The fraction of sp³-hybridized carbons (Fsp3) is 0.0500. The smallest absolute Gasteiger partial charge is 0.248 e. The molecule has 0 aromatic heterocycles. The molecule has 0 radical (unpaired) electrons. The minimum absolute atomic E-state index is 0.203. The molecule has 114 valence electrons. The first-order chi connectivity index (χ1) is 11.1. The lowest BCUT2D eigenvalue weighted by molar-refractivity contribution is -0.111. The van der Waals surface area contributed by atoms with E-state index in [1.54, 1.807) is 24.3 Å². The Hall–Kier alpha value is -3.07. The van der Waals surface area contributed by atoms with Gasteiger partial charge in [0.1, 0.15) is 5.75 Å². The van der Waals surface area contributed by atoms with E-state index in [0.29, 0.717) is 11.1 Å². The summed E-state index contributed by atoms with van der Waals surface area (Å²) in [6.07, 6.45) is 3.28. The highest BCUT2D eigenvalue weighted by Crippen LogP contribution is 2.29. The highest BCUT2D eigenvalue weighted by molar-refractivity contribution is 6.08. The van der Waals surface area contributed by atoms with Crippen LogP contribution in [0.2, 0.25) is 0 Å². The zero-order chi connectivity index (χ0) is 16.2. The second kappa shape index (κ2) is 6.36. The van der Waals surface area contributed by atoms with Gasteiger partial charge in [0, 0.05) is 22.5 Å². The Morgan fingerprint density at radius 1 is 0.957 bits per heavy atom. The second-order valence-corrected chi connectivity index (χ2v) is 5.41. The Kier molecular flexibility index (Phi) is 4.11. The number of benzene rings is 3. The van der Waals surface area contributed by atoms with Crippen molar-refractivity contribution in [2.45, 2.75) is 6.92 Å². The highest BCUT2D eigenvalue weighted by Gasteiger charge is 2.05. The van der Waals surface area contributed by atoms with Crippen LogP contribution in [0, 0.1) is 6.92 Å². The van der Waals surface area contributed by atoms with E-state index >= 15 is 0 Å². The van der Waals surface area contributed by atoms with Gasteiger partial charge < -0.3 is 10.4 Å². The van der Waals surface area contributed by atoms with Crippen molar-refractivity contribution in [3.8, 4) is 5.75 Å². The largest absolute Gasteiger partial charge is 0.507 e. The summed E-state index contributed by atoms with van der Waals surface area (Å²) in [5, 5.41) is 14.3. The van der Waals surface area contributed by atoms with E-state index in [-0.39, 0.29) is 11.7 Å². The molecule has 0 aliphatic carbocycles. The molecule has 0 bridgehead atoms. The standard InChI is InChI=1S/C20H17NO2/c1-14-8-10-15(11-9-14)12-13-20(23)21-18-6-2-5-17-16(18)4-3-7-19(17)22/h2-13,22H,1H3,(H,21,23)/b13-12+. The molecule has 0 atom stereocenters. The number of hydrogen-bond donors (Lipinski definition) is 2. The summed E-state index contributed by atoms with van der Waals surface area (Å²) in [5.41, 5.74) is 2.83. The van der Waals surface area contributed by atoms with Crippen LogP contribution in [0.5, 0.6) is 5.75 Å². The maximum atomic E-state index is 12.1. The SMILES string of the molecule is Cc1ccc(/C=C/C(=O)Nc2cccc3c(O)cccc23)cc1. The number of phenolic OH excluding ortho intramolecular Hbond substituents is 1. The van der Waals surface area contributed by atoms with Crippen LogP contribution in [0.4, 0.5) is 5.69 Å². The van der Waals surface area contributed by atoms with Crippen LogP contribution < -0.4 is 5.32 Å². The van der Waals surface area contributed by atoms with Crippen LogP contribution in [-0.2, 0) is 4.79 Å². The molecule has 0 unspecified atom stereocenters. The third-order valence-electron chi connectivity index (χ3n) is 3.66. The molecular formula is C20H17NO2. The Morgan fingerprint density at radius 2 is 1.65 bits per heavy atom. The molecule has 3 heteroatoms. The lowest BCUT2D eigenvalue weighted by Crippen LogP contribution is -2.08. The number of carbonyl (C=O) groups excluding carboxylic acids is 1. The lowest BCUT2D eigenvalue weighted by atomic mass is 10.1. The summed E-state index contributed by atoms with van der Waals surface area (Å²) in [5.74, 6) is -0.00443. The van der Waals surface area contributed by atoms with Gasteiger partial charge in [-0.2, -0.15) is 0 Å². The summed E-state index contributed by atoms with van der Waals surface area (Å²) in [4.78, 5) is 12.1. The zero-order valence-corrected chi connectivity index (χ0v) is 12.8. The van der Waals surface area contributed by atoms with Crippen molar-refractivity contribution < 1.29 is 9.90 Å². The Bertz CT molecular complexity index is 880. The number of amides is 1. The molecule has 0 heterocycles. The molecule has 3 nitrogen and oxygen atoms in total. The van der Waals surface area contributed by atoms with Gasteiger partial charge in [0.05, 0.1) is 0 Å². The summed E-state index contributed by atoms with van der Waals surface area (Å²) in [6, 6.07) is 18.7. The predicted molar refractivity (Wildman–Crippen MR) is 94.5 cm³/mol. The van der Waals surface area contributed by atoms with Crippen LogP contribution in [0.1, 0.15) is 11.1 Å². The normalized spacial score (nSPS) is 11.0. The van der Waals surface area contributed by atoms with E-state index in [1.807, 2.05) is 49.4 Å². The maximum Gasteiger partial charge on any atom is 0.248 e. The van der Waals surface area contributed by atoms with Crippen LogP contribution in [0.25, 0.3) is 16.8 Å². The van der Waals surface area contributed by atoms with Gasteiger partial charge in [-0.25, -0.2) is 0 Å². The molecule has 0 aliphatic heterocycles. The summed E-state index contributed by atoms with van der Waals surface area (Å²) in [7, 11) is 0. The van der Waals surface area contributed by atoms with Crippen LogP contribution in [0.15, 0.2) is 66.7 Å². The number of phenols is 1. The van der Waals surface area contributed by atoms with E-state index in [9.17, 15) is 9.90 Å². The summed E-state index contributed by atoms with van der Waals surface area (Å²) < 4.78 is 0. The Labute approximate surface area is 134 Å². The van der Waals surface area contributed by atoms with E-state index in [4.69, 9.17) is 0 Å². The second-order valence-electron chi connectivity index (χ2n) is 5.41. The molecule has 0 aliphatic rings. The molecule has 0 saturated heterocycles. The van der Waals surface area contributed by atoms with E-state index in [1.165, 1.54) is 11.6 Å². The van der Waals surface area contributed by atoms with Gasteiger partial charge in [-0.05, 0) is 30.7 Å². The number of aryl methyl sites for hydroxylation is 1. The average Bonchev–Trinajstić information content (AvgIpc) is 2.55. The number of hydrogen-bond acceptors (Lipinski definition) is 2. The molecule has 3 aromatic carbocycles. The molecule has 2 N–H and O–H groups in total. The molecule has 0 saturated carbocycles. The van der Waals surface area contributed by atoms with Crippen molar-refractivity contribution in [2.75, 3.05) is 5.32 Å². The quantitative estimate of drug-likeness (QED) is 0.700. The van der Waals surface area contributed by atoms with Crippen molar-refractivity contribution in [1.29, 1.82) is 0 Å². The molecule has 0 spiro atoms. The van der Waals surface area contributed by atoms with Gasteiger partial charge in [-0.3, -0.25) is 4.79 Å². The number of nitrogens with one attached hydrogen (secondary N) is 1. The summed E-state index contributed by atoms with van der Waals surface area (Å²) in [6.45, 7) is 2.02.